The molecule has 236 valence electrons. The predicted molar refractivity (Wildman–Crippen MR) is 157 cm³/mol. The largest absolute Gasteiger partial charge is 0.483 e. The van der Waals surface area contributed by atoms with Gasteiger partial charge in [-0.3, -0.25) is 14.4 Å². The summed E-state index contributed by atoms with van der Waals surface area (Å²) < 4.78 is 49.7. The fourth-order valence-electron chi connectivity index (χ4n) is 6.19. The summed E-state index contributed by atoms with van der Waals surface area (Å²) >= 11 is 0. The number of aromatic nitrogens is 1. The Labute approximate surface area is 257 Å². The first-order valence-electron chi connectivity index (χ1n) is 14.6. The fourth-order valence-corrected chi connectivity index (χ4v) is 6.19. The molecule has 2 amide bonds. The third-order valence-electron chi connectivity index (χ3n) is 8.79. The van der Waals surface area contributed by atoms with E-state index in [4.69, 9.17) is 9.57 Å². The monoisotopic (exact) mass is 623 g/mol. The number of rotatable bonds is 6. The molecule has 10 nitrogen and oxygen atoms in total. The second-order valence-corrected chi connectivity index (χ2v) is 11.9. The molecule has 13 heteroatoms. The summed E-state index contributed by atoms with van der Waals surface area (Å²) in [5.41, 5.74) is -2.01. The lowest BCUT2D eigenvalue weighted by atomic mass is 9.85. The molecule has 1 unspecified atom stereocenters. The van der Waals surface area contributed by atoms with Gasteiger partial charge in [-0.05, 0) is 25.3 Å². The first kappa shape index (κ1) is 30.2. The number of nitrogens with zero attached hydrogens (tertiary/aromatic N) is 4. The van der Waals surface area contributed by atoms with Crippen molar-refractivity contribution in [3.63, 3.8) is 0 Å². The van der Waals surface area contributed by atoms with Crippen molar-refractivity contribution in [1.29, 1.82) is 0 Å². The molecule has 3 aliphatic heterocycles. The van der Waals surface area contributed by atoms with Gasteiger partial charge in [-0.1, -0.05) is 35.5 Å². The molecule has 3 aromatic rings. The SMILES string of the molecule is C[C@H]1CC[C@]2(CC(N(C)C)=NO2)C2CN1C(=O)c1c(OCc3ccccc3)c(=O)c(C(=O)NCc3c(F)cc(F)cc3F)cn12. The van der Waals surface area contributed by atoms with Crippen LogP contribution in [0.5, 0.6) is 5.75 Å². The molecule has 0 saturated carbocycles. The summed E-state index contributed by atoms with van der Waals surface area (Å²) in [6.07, 6.45) is 2.86. The average Bonchev–Trinajstić information content (AvgIpc) is 3.40. The Balaban J connectivity index is 1.45. The first-order chi connectivity index (χ1) is 21.5. The Bertz CT molecular complexity index is 1740. The zero-order valence-electron chi connectivity index (χ0n) is 25.0. The van der Waals surface area contributed by atoms with Crippen LogP contribution in [-0.4, -0.2) is 64.3 Å². The van der Waals surface area contributed by atoms with Crippen LogP contribution in [0.25, 0.3) is 0 Å². The van der Waals surface area contributed by atoms with E-state index < -0.39 is 64.0 Å². The maximum atomic E-state index is 14.3. The summed E-state index contributed by atoms with van der Waals surface area (Å²) in [5.74, 6) is -4.46. The third-order valence-corrected chi connectivity index (χ3v) is 8.79. The van der Waals surface area contributed by atoms with Gasteiger partial charge in [-0.2, -0.15) is 0 Å². The van der Waals surface area contributed by atoms with Gasteiger partial charge in [0.15, 0.2) is 17.0 Å². The topological polar surface area (TPSA) is 105 Å². The molecule has 1 fully saturated rings. The van der Waals surface area contributed by atoms with E-state index in [9.17, 15) is 27.6 Å². The third kappa shape index (κ3) is 5.40. The summed E-state index contributed by atoms with van der Waals surface area (Å²) in [5, 5.41) is 6.70. The molecular weight excluding hydrogens is 591 g/mol. The molecule has 6 rings (SSSR count). The van der Waals surface area contributed by atoms with Crippen LogP contribution in [0, 0.1) is 17.5 Å². The highest BCUT2D eigenvalue weighted by molar-refractivity contribution is 5.99. The van der Waals surface area contributed by atoms with Crippen LogP contribution in [0.4, 0.5) is 13.2 Å². The number of ether oxygens (including phenoxy) is 1. The zero-order valence-corrected chi connectivity index (χ0v) is 25.0. The molecular formula is C32H32F3N5O5. The Morgan fingerprint density at radius 3 is 2.53 bits per heavy atom. The van der Waals surface area contributed by atoms with Crippen LogP contribution in [0.15, 0.2) is 58.6 Å². The van der Waals surface area contributed by atoms with Crippen molar-refractivity contribution in [3.8, 4) is 5.75 Å². The number of hydrogen-bond donors (Lipinski definition) is 1. The van der Waals surface area contributed by atoms with Crippen molar-refractivity contribution in [1.82, 2.24) is 19.7 Å². The van der Waals surface area contributed by atoms with E-state index in [1.807, 2.05) is 32.0 Å². The van der Waals surface area contributed by atoms with Gasteiger partial charge in [0.05, 0.1) is 12.5 Å². The molecule has 0 aliphatic carbocycles. The fraction of sp³-hybridized carbons (Fsp3) is 0.375. The van der Waals surface area contributed by atoms with Gasteiger partial charge in [0.1, 0.15) is 35.5 Å². The maximum absolute atomic E-state index is 14.3. The van der Waals surface area contributed by atoms with Crippen LogP contribution in [-0.2, 0) is 18.0 Å². The van der Waals surface area contributed by atoms with E-state index >= 15 is 0 Å². The van der Waals surface area contributed by atoms with Gasteiger partial charge in [0.2, 0.25) is 5.43 Å². The quantitative estimate of drug-likeness (QED) is 0.446. The minimum absolute atomic E-state index is 0.0191. The average molecular weight is 624 g/mol. The van der Waals surface area contributed by atoms with E-state index in [0.29, 0.717) is 37.2 Å². The van der Waals surface area contributed by atoms with Crippen molar-refractivity contribution >= 4 is 17.6 Å². The van der Waals surface area contributed by atoms with Gasteiger partial charge in [0.25, 0.3) is 11.8 Å². The number of amides is 2. The van der Waals surface area contributed by atoms with Gasteiger partial charge in [-0.25, -0.2) is 13.2 Å². The number of amidine groups is 1. The molecule has 0 radical (unpaired) electrons. The molecule has 1 saturated heterocycles. The van der Waals surface area contributed by atoms with Crippen molar-refractivity contribution < 1.29 is 32.3 Å². The normalized spacial score (nSPS) is 22.0. The number of nitrogens with one attached hydrogen (secondary N) is 1. The summed E-state index contributed by atoms with van der Waals surface area (Å²) in [6.45, 7) is 1.45. The Kier molecular flexibility index (Phi) is 7.79. The van der Waals surface area contributed by atoms with Crippen LogP contribution < -0.4 is 15.5 Å². The highest BCUT2D eigenvalue weighted by Gasteiger charge is 2.54. The van der Waals surface area contributed by atoms with Crippen molar-refractivity contribution in [2.75, 3.05) is 20.6 Å². The lowest BCUT2D eigenvalue weighted by molar-refractivity contribution is -0.0656. The standard InChI is InChI=1S/C32H32F3N5O5/c1-18-9-10-32(13-26(37-45-32)38(2)3)25-16-39(18)31(43)27-29(44-17-19-7-5-4-6-8-19)28(41)22(15-40(25)27)30(42)36-14-21-23(34)11-20(33)12-24(21)35/h4-8,11-12,15,18,25H,9-10,13-14,16-17H2,1-3H3,(H,36,42)/t18-,25?,32-/m0/s1. The molecule has 1 aromatic heterocycles. The van der Waals surface area contributed by atoms with Gasteiger partial charge in [-0.15, -0.1) is 0 Å². The number of hydrogen-bond acceptors (Lipinski definition) is 7. The van der Waals surface area contributed by atoms with Gasteiger partial charge in [0, 0.05) is 57.1 Å². The van der Waals surface area contributed by atoms with Crippen molar-refractivity contribution in [2.24, 2.45) is 5.16 Å². The van der Waals surface area contributed by atoms with E-state index in [0.717, 1.165) is 5.56 Å². The molecule has 2 aromatic carbocycles. The molecule has 3 aliphatic rings. The number of fused-ring (bicyclic) bond motifs is 5. The Hall–Kier alpha value is -4.81. The number of carbonyl (C=O) groups is 2. The lowest BCUT2D eigenvalue weighted by Crippen LogP contribution is -2.52. The van der Waals surface area contributed by atoms with Crippen LogP contribution in [0.2, 0.25) is 0 Å². The minimum atomic E-state index is -1.18. The number of pyridine rings is 1. The molecule has 45 heavy (non-hydrogen) atoms. The zero-order chi connectivity index (χ0) is 32.0. The molecule has 4 heterocycles. The highest BCUT2D eigenvalue weighted by atomic mass is 19.1. The van der Waals surface area contributed by atoms with Crippen LogP contribution in [0.3, 0.4) is 0 Å². The maximum Gasteiger partial charge on any atom is 0.274 e. The number of benzene rings is 2. The van der Waals surface area contributed by atoms with Gasteiger partial charge >= 0.3 is 0 Å². The number of halogens is 3. The predicted octanol–water partition coefficient (Wildman–Crippen LogP) is 3.99. The van der Waals surface area contributed by atoms with E-state index in [1.54, 1.807) is 33.7 Å². The second kappa shape index (κ2) is 11.6. The van der Waals surface area contributed by atoms with Gasteiger partial charge < -0.3 is 29.3 Å². The summed E-state index contributed by atoms with van der Waals surface area (Å²) in [6, 6.07) is 9.28. The number of oxime groups is 1. The molecule has 3 atom stereocenters. The summed E-state index contributed by atoms with van der Waals surface area (Å²) in [7, 11) is 3.71. The minimum Gasteiger partial charge on any atom is -0.483 e. The van der Waals surface area contributed by atoms with Crippen LogP contribution >= 0.6 is 0 Å². The second-order valence-electron chi connectivity index (χ2n) is 11.9. The van der Waals surface area contributed by atoms with E-state index in [1.165, 1.54) is 6.20 Å². The highest BCUT2D eigenvalue weighted by Crippen LogP contribution is 2.46. The lowest BCUT2D eigenvalue weighted by Gasteiger charge is -2.42. The van der Waals surface area contributed by atoms with E-state index in [2.05, 4.69) is 10.5 Å². The summed E-state index contributed by atoms with van der Waals surface area (Å²) in [4.78, 5) is 51.2. The molecule has 1 N–H and O–H groups in total. The van der Waals surface area contributed by atoms with Crippen LogP contribution in [0.1, 0.15) is 64.2 Å². The Morgan fingerprint density at radius 2 is 1.87 bits per heavy atom. The smallest absolute Gasteiger partial charge is 0.274 e. The first-order valence-corrected chi connectivity index (χ1v) is 14.6. The molecule has 1 spiro atoms. The van der Waals surface area contributed by atoms with E-state index in [-0.39, 0.29) is 30.6 Å². The Morgan fingerprint density at radius 1 is 1.16 bits per heavy atom. The van der Waals surface area contributed by atoms with Crippen molar-refractivity contribution in [3.05, 3.63) is 98.7 Å². The molecule has 2 bridgehead atoms. The van der Waals surface area contributed by atoms with Crippen molar-refractivity contribution in [2.45, 2.75) is 57.0 Å². The number of carbonyl (C=O) groups excluding carboxylic acids is 2.